The quantitative estimate of drug-likeness (QED) is 0.468. The predicted molar refractivity (Wildman–Crippen MR) is 114 cm³/mol. The molecule has 0 bridgehead atoms. The fourth-order valence-electron chi connectivity index (χ4n) is 3.31. The number of aromatic hydroxyl groups is 1. The molecule has 6 heteroatoms. The van der Waals surface area contributed by atoms with Crippen LogP contribution in [-0.2, 0) is 0 Å². The van der Waals surface area contributed by atoms with Crippen molar-refractivity contribution < 1.29 is 9.84 Å². The number of ether oxygens (including phenoxy) is 1. The predicted octanol–water partition coefficient (Wildman–Crippen LogP) is 4.32. The Kier molecular flexibility index (Phi) is 5.02. The first-order valence-corrected chi connectivity index (χ1v) is 9.21. The standard InChI is InChI=1S/C21H25N3O2S/c1-12-8-13(2)19(14(3)9-12)22-20(27)24-23-17-11-21(4,5)26-18-7-6-15(25)10-16(17)18/h6-11,23,25H,1-5H3,(H2,22,24,27). The summed E-state index contributed by atoms with van der Waals surface area (Å²) in [5.74, 6) is 0.880. The maximum atomic E-state index is 9.82. The molecule has 0 aromatic heterocycles. The summed E-state index contributed by atoms with van der Waals surface area (Å²) in [5, 5.41) is 13.5. The molecule has 0 saturated carbocycles. The number of anilines is 1. The van der Waals surface area contributed by atoms with Crippen LogP contribution in [-0.4, -0.2) is 15.8 Å². The van der Waals surface area contributed by atoms with Gasteiger partial charge in [0, 0.05) is 11.3 Å². The van der Waals surface area contributed by atoms with Crippen molar-refractivity contribution in [3.63, 3.8) is 0 Å². The van der Waals surface area contributed by atoms with Crippen LogP contribution in [0.2, 0.25) is 0 Å². The average molecular weight is 384 g/mol. The topological polar surface area (TPSA) is 65.5 Å². The van der Waals surface area contributed by atoms with E-state index >= 15 is 0 Å². The molecule has 0 spiro atoms. The van der Waals surface area contributed by atoms with Crippen LogP contribution in [0.5, 0.6) is 11.5 Å². The molecule has 4 N–H and O–H groups in total. The third kappa shape index (κ3) is 4.34. The van der Waals surface area contributed by atoms with E-state index in [2.05, 4.69) is 49.1 Å². The summed E-state index contributed by atoms with van der Waals surface area (Å²) in [6, 6.07) is 9.27. The van der Waals surface area contributed by atoms with E-state index in [9.17, 15) is 5.11 Å². The highest BCUT2D eigenvalue weighted by molar-refractivity contribution is 7.80. The lowest BCUT2D eigenvalue weighted by molar-refractivity contribution is 0.157. The molecule has 0 radical (unpaired) electrons. The highest BCUT2D eigenvalue weighted by Crippen LogP contribution is 2.36. The molecule has 0 atom stereocenters. The number of rotatable bonds is 3. The van der Waals surface area contributed by atoms with Gasteiger partial charge in [0.25, 0.3) is 0 Å². The van der Waals surface area contributed by atoms with E-state index in [1.807, 2.05) is 19.9 Å². The van der Waals surface area contributed by atoms with Crippen LogP contribution in [0.4, 0.5) is 5.69 Å². The Hall–Kier alpha value is -2.73. The first-order valence-electron chi connectivity index (χ1n) is 8.81. The molecule has 0 amide bonds. The van der Waals surface area contributed by atoms with Crippen LogP contribution in [0.3, 0.4) is 0 Å². The Labute approximate surface area is 165 Å². The molecule has 0 saturated heterocycles. The van der Waals surface area contributed by atoms with Gasteiger partial charge in [-0.25, -0.2) is 0 Å². The van der Waals surface area contributed by atoms with Gasteiger partial charge in [0.1, 0.15) is 17.1 Å². The highest BCUT2D eigenvalue weighted by Gasteiger charge is 2.27. The summed E-state index contributed by atoms with van der Waals surface area (Å²) in [4.78, 5) is 0. The third-order valence-corrected chi connectivity index (χ3v) is 4.55. The van der Waals surface area contributed by atoms with Gasteiger partial charge in [-0.3, -0.25) is 10.9 Å². The lowest BCUT2D eigenvalue weighted by atomic mass is 9.99. The second-order valence-corrected chi connectivity index (χ2v) is 7.83. The van der Waals surface area contributed by atoms with Crippen molar-refractivity contribution in [3.05, 3.63) is 58.7 Å². The number of hydrogen-bond acceptors (Lipinski definition) is 4. The largest absolute Gasteiger partial charge is 0.508 e. The molecular weight excluding hydrogens is 358 g/mol. The Morgan fingerprint density at radius 3 is 2.41 bits per heavy atom. The number of nitrogens with one attached hydrogen (secondary N) is 3. The minimum atomic E-state index is -0.479. The van der Waals surface area contributed by atoms with Gasteiger partial charge >= 0.3 is 0 Å². The average Bonchev–Trinajstić information content (AvgIpc) is 2.56. The Morgan fingerprint density at radius 1 is 1.07 bits per heavy atom. The van der Waals surface area contributed by atoms with E-state index in [1.54, 1.807) is 18.2 Å². The molecule has 0 fully saturated rings. The van der Waals surface area contributed by atoms with Gasteiger partial charge in [0.15, 0.2) is 5.11 Å². The smallest absolute Gasteiger partial charge is 0.189 e. The maximum Gasteiger partial charge on any atom is 0.189 e. The zero-order valence-corrected chi connectivity index (χ0v) is 17.0. The van der Waals surface area contributed by atoms with Crippen molar-refractivity contribution in [2.24, 2.45) is 0 Å². The SMILES string of the molecule is Cc1cc(C)c(NC(=S)NNC2=CC(C)(C)Oc3ccc(O)cc32)c(C)c1. The van der Waals surface area contributed by atoms with Gasteiger partial charge in [-0.1, -0.05) is 17.7 Å². The monoisotopic (exact) mass is 383 g/mol. The summed E-state index contributed by atoms with van der Waals surface area (Å²) in [6.07, 6.45) is 1.95. The molecule has 1 aliphatic heterocycles. The second kappa shape index (κ2) is 7.12. The molecule has 0 unspecified atom stereocenters. The minimum absolute atomic E-state index is 0.177. The van der Waals surface area contributed by atoms with Crippen molar-refractivity contribution in [2.45, 2.75) is 40.2 Å². The molecule has 2 aromatic carbocycles. The molecule has 1 aliphatic rings. The summed E-state index contributed by atoms with van der Waals surface area (Å²) >= 11 is 5.45. The van der Waals surface area contributed by atoms with E-state index in [4.69, 9.17) is 17.0 Å². The molecule has 1 heterocycles. The van der Waals surface area contributed by atoms with Crippen molar-refractivity contribution in [1.82, 2.24) is 10.9 Å². The lowest BCUT2D eigenvalue weighted by Crippen LogP contribution is -2.41. The summed E-state index contributed by atoms with van der Waals surface area (Å²) in [7, 11) is 0. The van der Waals surface area contributed by atoms with E-state index < -0.39 is 5.60 Å². The summed E-state index contributed by atoms with van der Waals surface area (Å²) in [5.41, 5.74) is 11.8. The highest BCUT2D eigenvalue weighted by atomic mass is 32.1. The number of thiocarbonyl (C=S) groups is 1. The molecule has 3 rings (SSSR count). The van der Waals surface area contributed by atoms with Gasteiger partial charge in [0.05, 0.1) is 5.70 Å². The van der Waals surface area contributed by atoms with Gasteiger partial charge in [-0.05, 0) is 82.2 Å². The van der Waals surface area contributed by atoms with Crippen molar-refractivity contribution >= 4 is 28.7 Å². The first kappa shape index (κ1) is 19.0. The molecule has 5 nitrogen and oxygen atoms in total. The van der Waals surface area contributed by atoms with Gasteiger partial charge in [-0.15, -0.1) is 0 Å². The van der Waals surface area contributed by atoms with E-state index in [-0.39, 0.29) is 5.75 Å². The minimum Gasteiger partial charge on any atom is -0.508 e. The van der Waals surface area contributed by atoms with Crippen LogP contribution < -0.4 is 20.9 Å². The van der Waals surface area contributed by atoms with Gasteiger partial charge in [-0.2, -0.15) is 0 Å². The number of aryl methyl sites for hydroxylation is 3. The zero-order valence-electron chi connectivity index (χ0n) is 16.2. The van der Waals surface area contributed by atoms with Gasteiger partial charge < -0.3 is 15.2 Å². The van der Waals surface area contributed by atoms with Crippen LogP contribution >= 0.6 is 12.2 Å². The van der Waals surface area contributed by atoms with E-state index in [0.717, 1.165) is 28.1 Å². The fraction of sp³-hybridized carbons (Fsp3) is 0.286. The summed E-state index contributed by atoms with van der Waals surface area (Å²) in [6.45, 7) is 10.1. The van der Waals surface area contributed by atoms with Crippen LogP contribution in [0.15, 0.2) is 36.4 Å². The van der Waals surface area contributed by atoms with Crippen LogP contribution in [0, 0.1) is 20.8 Å². The van der Waals surface area contributed by atoms with Crippen LogP contribution in [0.25, 0.3) is 5.70 Å². The molecule has 2 aromatic rings. The van der Waals surface area contributed by atoms with Crippen molar-refractivity contribution in [2.75, 3.05) is 5.32 Å². The number of benzene rings is 2. The van der Waals surface area contributed by atoms with Gasteiger partial charge in [0.2, 0.25) is 0 Å². The number of hydrogen-bond donors (Lipinski definition) is 4. The Balaban J connectivity index is 1.75. The van der Waals surface area contributed by atoms with Crippen LogP contribution in [0.1, 0.15) is 36.1 Å². The Morgan fingerprint density at radius 2 is 1.74 bits per heavy atom. The number of hydrazine groups is 1. The van der Waals surface area contributed by atoms with E-state index in [1.165, 1.54) is 5.56 Å². The molecular formula is C21H25N3O2S. The normalized spacial score (nSPS) is 14.5. The summed E-state index contributed by atoms with van der Waals surface area (Å²) < 4.78 is 5.95. The zero-order chi connectivity index (χ0) is 19.8. The molecule has 0 aliphatic carbocycles. The number of fused-ring (bicyclic) bond motifs is 1. The third-order valence-electron chi connectivity index (χ3n) is 4.34. The first-order chi connectivity index (χ1) is 12.6. The maximum absolute atomic E-state index is 9.82. The van der Waals surface area contributed by atoms with Crippen molar-refractivity contribution in [1.29, 1.82) is 0 Å². The molecule has 27 heavy (non-hydrogen) atoms. The van der Waals surface area contributed by atoms with Crippen molar-refractivity contribution in [3.8, 4) is 11.5 Å². The lowest BCUT2D eigenvalue weighted by Gasteiger charge is -2.31. The Bertz CT molecular complexity index is 912. The number of phenolic OH excluding ortho intramolecular Hbond substituents is 1. The number of phenols is 1. The second-order valence-electron chi connectivity index (χ2n) is 7.42. The van der Waals surface area contributed by atoms with E-state index in [0.29, 0.717) is 10.9 Å². The molecule has 142 valence electrons. The fourth-order valence-corrected chi connectivity index (χ4v) is 3.46.